The molecule has 0 aromatic heterocycles. The Hall–Kier alpha value is -2.17. The molecule has 2 atom stereocenters. The summed E-state index contributed by atoms with van der Waals surface area (Å²) in [4.78, 5) is 37.1. The maximum atomic E-state index is 12.5. The number of carboxylic acid groups (broad SMARTS) is 1. The second-order valence-corrected chi connectivity index (χ2v) is 6.75. The number of carbonyl (C=O) groups excluding carboxylic acids is 2. The largest absolute Gasteiger partial charge is 0.481 e. The lowest BCUT2D eigenvalue weighted by Gasteiger charge is -2.23. The fourth-order valence-corrected chi connectivity index (χ4v) is 3.97. The Kier molecular flexibility index (Phi) is 3.96. The smallest absolute Gasteiger partial charge is 0.311 e. The number of nitrogens with zero attached hydrogens (tertiary/aromatic N) is 1. The third-order valence-corrected chi connectivity index (χ3v) is 5.37. The molecule has 3 rings (SSSR count). The van der Waals surface area contributed by atoms with Crippen LogP contribution in [0.3, 0.4) is 0 Å². The molecule has 5 nitrogen and oxygen atoms in total. The molecule has 1 aromatic carbocycles. The van der Waals surface area contributed by atoms with Crippen molar-refractivity contribution in [3.05, 3.63) is 35.4 Å². The number of carbonyl (C=O) groups is 3. The van der Waals surface area contributed by atoms with Crippen LogP contribution in [0, 0.1) is 11.3 Å². The minimum atomic E-state index is -0.763. The van der Waals surface area contributed by atoms with Crippen molar-refractivity contribution in [2.24, 2.45) is 11.3 Å². The van der Waals surface area contributed by atoms with Crippen molar-refractivity contribution in [1.82, 2.24) is 4.90 Å². The molecule has 1 heterocycles. The molecule has 1 aliphatic carbocycles. The van der Waals surface area contributed by atoms with Crippen LogP contribution < -0.4 is 0 Å². The third kappa shape index (κ3) is 2.76. The second-order valence-electron chi connectivity index (χ2n) is 6.75. The van der Waals surface area contributed by atoms with Crippen LogP contribution in [0.15, 0.2) is 24.3 Å². The summed E-state index contributed by atoms with van der Waals surface area (Å²) in [5.74, 6) is -0.709. The molecule has 0 spiro atoms. The summed E-state index contributed by atoms with van der Waals surface area (Å²) in [6, 6.07) is 7.03. The van der Waals surface area contributed by atoms with E-state index >= 15 is 0 Å². The topological polar surface area (TPSA) is 74.7 Å². The molecule has 2 aliphatic rings. The number of hydrogen-bond acceptors (Lipinski definition) is 3. The fourth-order valence-electron chi connectivity index (χ4n) is 3.97. The van der Waals surface area contributed by atoms with Gasteiger partial charge in [-0.05, 0) is 31.2 Å². The van der Waals surface area contributed by atoms with Gasteiger partial charge >= 0.3 is 5.97 Å². The number of amides is 1. The minimum Gasteiger partial charge on any atom is -0.481 e. The minimum absolute atomic E-state index is 0.00125. The van der Waals surface area contributed by atoms with Crippen LogP contribution in [0.5, 0.6) is 0 Å². The van der Waals surface area contributed by atoms with Crippen LogP contribution in [0.4, 0.5) is 0 Å². The summed E-state index contributed by atoms with van der Waals surface area (Å²) in [5, 5.41) is 9.58. The Morgan fingerprint density at radius 3 is 2.52 bits per heavy atom. The SMILES string of the molecule is CC(=O)c1ccc(CC(=O)N2C[C@@H]3CCC[C@@]3(C(=O)O)C2)cc1. The summed E-state index contributed by atoms with van der Waals surface area (Å²) in [7, 11) is 0. The molecule has 122 valence electrons. The summed E-state index contributed by atoms with van der Waals surface area (Å²) in [6.07, 6.45) is 2.75. The standard InChI is InChI=1S/C18H21NO4/c1-12(20)14-6-4-13(5-7-14)9-16(21)19-10-15-3-2-8-18(15,11-19)17(22)23/h4-7,15H,2-3,8-11H2,1H3,(H,22,23)/t15-,18+/m0/s1. The lowest BCUT2D eigenvalue weighted by atomic mass is 9.81. The number of likely N-dealkylation sites (tertiary alicyclic amines) is 1. The molecule has 0 unspecified atom stereocenters. The van der Waals surface area contributed by atoms with E-state index in [1.807, 2.05) is 0 Å². The van der Waals surface area contributed by atoms with Crippen molar-refractivity contribution in [3.8, 4) is 0 Å². The van der Waals surface area contributed by atoms with Crippen molar-refractivity contribution < 1.29 is 19.5 Å². The Labute approximate surface area is 135 Å². The summed E-state index contributed by atoms with van der Waals surface area (Å²) >= 11 is 0. The van der Waals surface area contributed by atoms with Gasteiger partial charge in [0.1, 0.15) is 0 Å². The van der Waals surface area contributed by atoms with Gasteiger partial charge in [-0.25, -0.2) is 0 Å². The van der Waals surface area contributed by atoms with Crippen LogP contribution >= 0.6 is 0 Å². The lowest BCUT2D eigenvalue weighted by molar-refractivity contribution is -0.149. The lowest BCUT2D eigenvalue weighted by Crippen LogP contribution is -2.37. The predicted octanol–water partition coefficient (Wildman–Crippen LogP) is 2.15. The monoisotopic (exact) mass is 315 g/mol. The number of aliphatic carboxylic acids is 1. The van der Waals surface area contributed by atoms with Gasteiger partial charge in [0, 0.05) is 18.7 Å². The zero-order chi connectivity index (χ0) is 16.6. The van der Waals surface area contributed by atoms with E-state index in [-0.39, 0.29) is 24.0 Å². The van der Waals surface area contributed by atoms with Crippen molar-refractivity contribution in [3.63, 3.8) is 0 Å². The first-order chi connectivity index (χ1) is 10.9. The molecule has 1 saturated carbocycles. The Morgan fingerprint density at radius 1 is 1.26 bits per heavy atom. The fraction of sp³-hybridized carbons (Fsp3) is 0.500. The first kappa shape index (κ1) is 15.7. The highest BCUT2D eigenvalue weighted by Gasteiger charge is 2.55. The van der Waals surface area contributed by atoms with Crippen LogP contribution in [0.2, 0.25) is 0 Å². The average molecular weight is 315 g/mol. The van der Waals surface area contributed by atoms with Gasteiger partial charge in [-0.1, -0.05) is 30.7 Å². The molecule has 1 aromatic rings. The maximum Gasteiger partial charge on any atom is 0.311 e. The zero-order valence-electron chi connectivity index (χ0n) is 13.2. The van der Waals surface area contributed by atoms with E-state index in [4.69, 9.17) is 0 Å². The number of rotatable bonds is 4. The molecule has 5 heteroatoms. The highest BCUT2D eigenvalue weighted by Crippen LogP contribution is 2.48. The van der Waals surface area contributed by atoms with Gasteiger partial charge in [-0.3, -0.25) is 14.4 Å². The number of Topliss-reactive ketones (excluding diaryl/α,β-unsaturated/α-hetero) is 1. The Bertz CT molecular complexity index is 651. The van der Waals surface area contributed by atoms with Gasteiger partial charge in [0.15, 0.2) is 5.78 Å². The quantitative estimate of drug-likeness (QED) is 0.864. The second kappa shape index (κ2) is 5.80. The van der Waals surface area contributed by atoms with E-state index in [2.05, 4.69) is 0 Å². The van der Waals surface area contributed by atoms with Crippen LogP contribution in [0.1, 0.15) is 42.1 Å². The number of ketones is 1. The van der Waals surface area contributed by atoms with E-state index in [1.54, 1.807) is 29.2 Å². The summed E-state index contributed by atoms with van der Waals surface area (Å²) in [5.41, 5.74) is 0.747. The molecule has 23 heavy (non-hydrogen) atoms. The molecule has 1 aliphatic heterocycles. The van der Waals surface area contributed by atoms with E-state index in [0.29, 0.717) is 25.1 Å². The van der Waals surface area contributed by atoms with Gasteiger partial charge in [0.2, 0.25) is 5.91 Å². The number of hydrogen-bond donors (Lipinski definition) is 1. The average Bonchev–Trinajstić information content (AvgIpc) is 3.05. The third-order valence-electron chi connectivity index (χ3n) is 5.37. The Balaban J connectivity index is 1.68. The molecular formula is C18H21NO4. The van der Waals surface area contributed by atoms with Crippen molar-refractivity contribution in [1.29, 1.82) is 0 Å². The van der Waals surface area contributed by atoms with Crippen LogP contribution in [-0.4, -0.2) is 40.8 Å². The first-order valence-electron chi connectivity index (χ1n) is 8.03. The van der Waals surface area contributed by atoms with Crippen molar-refractivity contribution in [2.45, 2.75) is 32.6 Å². The molecule has 1 amide bonds. The predicted molar refractivity (Wildman–Crippen MR) is 84.1 cm³/mol. The summed E-state index contributed by atoms with van der Waals surface area (Å²) in [6.45, 7) is 2.39. The van der Waals surface area contributed by atoms with Gasteiger partial charge in [-0.15, -0.1) is 0 Å². The van der Waals surface area contributed by atoms with E-state index < -0.39 is 11.4 Å². The van der Waals surface area contributed by atoms with Gasteiger partial charge in [0.05, 0.1) is 11.8 Å². The molecule has 2 fully saturated rings. The highest BCUT2D eigenvalue weighted by molar-refractivity contribution is 5.94. The molecule has 0 bridgehead atoms. The number of fused-ring (bicyclic) bond motifs is 1. The number of benzene rings is 1. The number of carboxylic acids is 1. The molecule has 1 saturated heterocycles. The summed E-state index contributed by atoms with van der Waals surface area (Å²) < 4.78 is 0. The van der Waals surface area contributed by atoms with Gasteiger partial charge in [-0.2, -0.15) is 0 Å². The molecule has 0 radical (unpaired) electrons. The van der Waals surface area contributed by atoms with Crippen molar-refractivity contribution >= 4 is 17.7 Å². The maximum absolute atomic E-state index is 12.5. The van der Waals surface area contributed by atoms with Crippen LogP contribution in [-0.2, 0) is 16.0 Å². The van der Waals surface area contributed by atoms with Crippen LogP contribution in [0.25, 0.3) is 0 Å². The normalized spacial score (nSPS) is 26.1. The Morgan fingerprint density at radius 2 is 1.96 bits per heavy atom. The van der Waals surface area contributed by atoms with E-state index in [0.717, 1.165) is 18.4 Å². The van der Waals surface area contributed by atoms with E-state index in [9.17, 15) is 19.5 Å². The highest BCUT2D eigenvalue weighted by atomic mass is 16.4. The zero-order valence-corrected chi connectivity index (χ0v) is 13.2. The van der Waals surface area contributed by atoms with Gasteiger partial charge < -0.3 is 10.0 Å². The first-order valence-corrected chi connectivity index (χ1v) is 8.03. The van der Waals surface area contributed by atoms with E-state index in [1.165, 1.54) is 6.92 Å². The molecular weight excluding hydrogens is 294 g/mol. The van der Waals surface area contributed by atoms with Crippen molar-refractivity contribution in [2.75, 3.05) is 13.1 Å². The van der Waals surface area contributed by atoms with Gasteiger partial charge in [0.25, 0.3) is 0 Å². The molecule has 1 N–H and O–H groups in total.